The Morgan fingerprint density at radius 3 is 2.27 bits per heavy atom. The molecule has 3 amide bonds. The number of halogens is 1. The van der Waals surface area contributed by atoms with Crippen LogP contribution in [-0.2, 0) is 9.59 Å². The summed E-state index contributed by atoms with van der Waals surface area (Å²) in [7, 11) is 3.08. The molecule has 10 heteroatoms. The molecule has 0 saturated carbocycles. The molecule has 0 fully saturated rings. The van der Waals surface area contributed by atoms with Crippen LogP contribution in [0.15, 0.2) is 102 Å². The van der Waals surface area contributed by atoms with Crippen LogP contribution in [0.2, 0.25) is 5.02 Å². The largest absolute Gasteiger partial charge is 0.497 e. The van der Waals surface area contributed by atoms with Crippen LogP contribution >= 0.6 is 23.4 Å². The fraction of sp³-hybridized carbons (Fsp3) is 0.147. The van der Waals surface area contributed by atoms with Gasteiger partial charge in [-0.3, -0.25) is 14.4 Å². The summed E-state index contributed by atoms with van der Waals surface area (Å²) in [6, 6.07) is 26.3. The highest BCUT2D eigenvalue weighted by Crippen LogP contribution is 2.32. The number of hydrogen-bond donors (Lipinski definition) is 3. The number of thioether (sulfide) groups is 1. The van der Waals surface area contributed by atoms with Crippen molar-refractivity contribution in [2.24, 2.45) is 0 Å². The van der Waals surface area contributed by atoms with Crippen molar-refractivity contribution in [1.82, 2.24) is 5.32 Å². The molecule has 0 aliphatic heterocycles. The lowest BCUT2D eigenvalue weighted by atomic mass is 10.1. The van der Waals surface area contributed by atoms with E-state index in [9.17, 15) is 14.4 Å². The summed E-state index contributed by atoms with van der Waals surface area (Å²) in [4.78, 5) is 40.2. The number of carbonyl (C=O) groups excluding carboxylic acids is 3. The van der Waals surface area contributed by atoms with Crippen molar-refractivity contribution in [3.8, 4) is 11.5 Å². The van der Waals surface area contributed by atoms with Crippen LogP contribution < -0.4 is 25.4 Å². The Hall–Kier alpha value is -4.73. The maximum Gasteiger partial charge on any atom is 0.272 e. The third-order valence-corrected chi connectivity index (χ3v) is 7.97. The van der Waals surface area contributed by atoms with Crippen molar-refractivity contribution in [2.75, 3.05) is 24.9 Å². The number of amides is 3. The summed E-state index contributed by atoms with van der Waals surface area (Å²) in [5, 5.41) is 8.57. The van der Waals surface area contributed by atoms with Crippen molar-refractivity contribution in [1.29, 1.82) is 0 Å². The molecule has 1 atom stereocenters. The molecule has 8 nitrogen and oxygen atoms in total. The summed E-state index contributed by atoms with van der Waals surface area (Å²) in [5.41, 5.74) is 3.01. The molecule has 0 saturated heterocycles. The number of aryl methyl sites for hydroxylation is 1. The number of hydrogen-bond acceptors (Lipinski definition) is 6. The number of carbonyl (C=O) groups is 3. The minimum Gasteiger partial charge on any atom is -0.497 e. The van der Waals surface area contributed by atoms with Gasteiger partial charge in [-0.25, -0.2) is 0 Å². The fourth-order valence-corrected chi connectivity index (χ4v) is 5.16. The lowest BCUT2D eigenvalue weighted by molar-refractivity contribution is -0.115. The van der Waals surface area contributed by atoms with Gasteiger partial charge in [0.2, 0.25) is 5.91 Å². The van der Waals surface area contributed by atoms with Crippen LogP contribution in [0.5, 0.6) is 11.5 Å². The van der Waals surface area contributed by atoms with Crippen molar-refractivity contribution < 1.29 is 23.9 Å². The van der Waals surface area contributed by atoms with Gasteiger partial charge in [-0.1, -0.05) is 48.0 Å². The Bertz CT molecular complexity index is 1680. The van der Waals surface area contributed by atoms with Crippen molar-refractivity contribution in [3.05, 3.63) is 118 Å². The number of rotatable bonds is 11. The highest BCUT2D eigenvalue weighted by atomic mass is 35.5. The molecular weight excluding hydrogens is 598 g/mol. The molecule has 3 N–H and O–H groups in total. The van der Waals surface area contributed by atoms with Gasteiger partial charge in [0.05, 0.1) is 25.2 Å². The Morgan fingerprint density at radius 1 is 0.864 bits per heavy atom. The van der Waals surface area contributed by atoms with Gasteiger partial charge in [-0.2, -0.15) is 0 Å². The molecule has 4 rings (SSSR count). The zero-order chi connectivity index (χ0) is 31.6. The summed E-state index contributed by atoms with van der Waals surface area (Å²) >= 11 is 7.52. The van der Waals surface area contributed by atoms with E-state index in [0.717, 1.165) is 10.5 Å². The van der Waals surface area contributed by atoms with E-state index in [2.05, 4.69) is 16.0 Å². The van der Waals surface area contributed by atoms with E-state index < -0.39 is 17.1 Å². The second-order valence-corrected chi connectivity index (χ2v) is 11.5. The summed E-state index contributed by atoms with van der Waals surface area (Å²) in [5.74, 6) is -0.0203. The zero-order valence-electron chi connectivity index (χ0n) is 24.6. The maximum atomic E-state index is 13.5. The molecule has 44 heavy (non-hydrogen) atoms. The van der Waals surface area contributed by atoms with Crippen LogP contribution in [0.3, 0.4) is 0 Å². The number of nitrogens with one attached hydrogen (secondary N) is 3. The quantitative estimate of drug-likeness (QED) is 0.120. The van der Waals surface area contributed by atoms with Gasteiger partial charge in [0.15, 0.2) is 0 Å². The lowest BCUT2D eigenvalue weighted by Crippen LogP contribution is -2.30. The zero-order valence-corrected chi connectivity index (χ0v) is 26.2. The molecule has 1 unspecified atom stereocenters. The first-order chi connectivity index (χ1) is 21.2. The number of methoxy groups -OCH3 is 2. The van der Waals surface area contributed by atoms with Gasteiger partial charge in [0.25, 0.3) is 11.8 Å². The predicted molar refractivity (Wildman–Crippen MR) is 177 cm³/mol. The van der Waals surface area contributed by atoms with Crippen molar-refractivity contribution >= 4 is 58.5 Å². The summed E-state index contributed by atoms with van der Waals surface area (Å²) in [6.07, 6.45) is 1.59. The molecule has 0 aliphatic carbocycles. The molecular formula is C34H32ClN3O5S. The van der Waals surface area contributed by atoms with E-state index in [1.54, 1.807) is 99.0 Å². The maximum absolute atomic E-state index is 13.5. The van der Waals surface area contributed by atoms with Gasteiger partial charge in [-0.05, 0) is 79.6 Å². The molecule has 226 valence electrons. The average molecular weight is 630 g/mol. The first kappa shape index (κ1) is 32.2. The van der Waals surface area contributed by atoms with Gasteiger partial charge in [-0.15, -0.1) is 11.8 Å². The van der Waals surface area contributed by atoms with Gasteiger partial charge >= 0.3 is 0 Å². The number of ether oxygens (including phenoxy) is 2. The second-order valence-electron chi connectivity index (χ2n) is 9.68. The van der Waals surface area contributed by atoms with Crippen LogP contribution in [0.1, 0.15) is 28.4 Å². The van der Waals surface area contributed by atoms with E-state index in [0.29, 0.717) is 39.0 Å². The van der Waals surface area contributed by atoms with Crippen molar-refractivity contribution in [3.63, 3.8) is 0 Å². The molecule has 0 aromatic heterocycles. The summed E-state index contributed by atoms with van der Waals surface area (Å²) < 4.78 is 10.6. The van der Waals surface area contributed by atoms with Crippen LogP contribution in [-0.4, -0.2) is 37.2 Å². The second kappa shape index (κ2) is 15.1. The van der Waals surface area contributed by atoms with E-state index in [1.807, 2.05) is 19.1 Å². The Morgan fingerprint density at radius 2 is 1.59 bits per heavy atom. The minimum absolute atomic E-state index is 0.0574. The standard InChI is InChI=1S/C34H32ClN3O5S/c1-21-17-29(31(43-4)20-28(21)35)37-32(39)22(2)44-27-12-8-11-25(19-27)36-34(41)30(18-23-13-15-26(42-3)16-14-23)38-33(40)24-9-6-5-7-10-24/h5-20,22H,1-4H3,(H,36,41)(H,37,39)(H,38,40)/b30-18+. The smallest absolute Gasteiger partial charge is 0.272 e. The highest BCUT2D eigenvalue weighted by molar-refractivity contribution is 8.00. The molecule has 0 radical (unpaired) electrons. The molecule has 4 aromatic rings. The SMILES string of the molecule is COc1ccc(/C=C(/NC(=O)c2ccccc2)C(=O)Nc2cccc(SC(C)C(=O)Nc3cc(C)c(Cl)cc3OC)c2)cc1. The number of anilines is 2. The van der Waals surface area contributed by atoms with Crippen molar-refractivity contribution in [2.45, 2.75) is 24.0 Å². The third-order valence-electron chi connectivity index (χ3n) is 6.47. The van der Waals surface area contributed by atoms with E-state index >= 15 is 0 Å². The lowest BCUT2D eigenvalue weighted by Gasteiger charge is -2.16. The van der Waals surface area contributed by atoms with Crippen LogP contribution in [0.25, 0.3) is 6.08 Å². The first-order valence-corrected chi connectivity index (χ1v) is 14.9. The van der Waals surface area contributed by atoms with Crippen LogP contribution in [0, 0.1) is 6.92 Å². The van der Waals surface area contributed by atoms with E-state index in [-0.39, 0.29) is 11.6 Å². The Balaban J connectivity index is 1.49. The normalized spacial score (nSPS) is 11.7. The minimum atomic E-state index is -0.511. The van der Waals surface area contributed by atoms with Crippen LogP contribution in [0.4, 0.5) is 11.4 Å². The van der Waals surface area contributed by atoms with E-state index in [1.165, 1.54) is 18.9 Å². The fourth-order valence-electron chi connectivity index (χ4n) is 4.08. The average Bonchev–Trinajstić information content (AvgIpc) is 3.03. The highest BCUT2D eigenvalue weighted by Gasteiger charge is 2.19. The van der Waals surface area contributed by atoms with Gasteiger partial charge in [0.1, 0.15) is 17.2 Å². The molecule has 0 aliphatic rings. The summed E-state index contributed by atoms with van der Waals surface area (Å²) in [6.45, 7) is 3.63. The number of benzene rings is 4. The van der Waals surface area contributed by atoms with E-state index in [4.69, 9.17) is 21.1 Å². The molecule has 0 spiro atoms. The van der Waals surface area contributed by atoms with Gasteiger partial charge in [0, 0.05) is 27.2 Å². The molecule has 0 heterocycles. The topological polar surface area (TPSA) is 106 Å². The third kappa shape index (κ3) is 8.65. The monoisotopic (exact) mass is 629 g/mol. The predicted octanol–water partition coefficient (Wildman–Crippen LogP) is 7.19. The Kier molecular flexibility index (Phi) is 11.1. The molecule has 4 aromatic carbocycles. The first-order valence-electron chi connectivity index (χ1n) is 13.6. The van der Waals surface area contributed by atoms with Gasteiger partial charge < -0.3 is 25.4 Å². The Labute approximate surface area is 265 Å². The molecule has 0 bridgehead atoms.